The maximum absolute atomic E-state index is 13.1. The van der Waals surface area contributed by atoms with Crippen molar-refractivity contribution in [3.8, 4) is 0 Å². The van der Waals surface area contributed by atoms with Gasteiger partial charge >= 0.3 is 0 Å². The maximum Gasteiger partial charge on any atom is 0.295 e. The number of carbonyl (C=O) groups excluding carboxylic acids is 2. The highest BCUT2D eigenvalue weighted by molar-refractivity contribution is 7.10. The number of aliphatic hydroxyl groups is 1. The second-order valence-corrected chi connectivity index (χ2v) is 9.69. The monoisotopic (exact) mass is 499 g/mol. The molecule has 0 unspecified atom stereocenters. The average Bonchev–Trinajstić information content (AvgIpc) is 3.47. The van der Waals surface area contributed by atoms with Crippen molar-refractivity contribution in [3.63, 3.8) is 0 Å². The Morgan fingerprint density at radius 1 is 1.06 bits per heavy atom. The lowest BCUT2D eigenvalue weighted by Crippen LogP contribution is -2.34. The fourth-order valence-corrected chi connectivity index (χ4v) is 5.16. The van der Waals surface area contributed by atoms with Crippen LogP contribution in [0.1, 0.15) is 62.4 Å². The lowest BCUT2D eigenvalue weighted by molar-refractivity contribution is -0.384. The lowest BCUT2D eigenvalue weighted by Gasteiger charge is -2.26. The summed E-state index contributed by atoms with van der Waals surface area (Å²) in [5, 5.41) is 23.9. The molecule has 1 aromatic carbocycles. The van der Waals surface area contributed by atoms with Crippen LogP contribution in [0.15, 0.2) is 47.4 Å². The summed E-state index contributed by atoms with van der Waals surface area (Å²) in [4.78, 5) is 41.3. The van der Waals surface area contributed by atoms with Crippen molar-refractivity contribution < 1.29 is 19.6 Å². The molecular weight excluding hydrogens is 466 g/mol. The number of nitrogens with zero attached hydrogens (tertiary/aromatic N) is 3. The molecule has 2 aromatic rings. The van der Waals surface area contributed by atoms with Crippen molar-refractivity contribution in [1.82, 2.24) is 9.80 Å². The first-order valence-electron chi connectivity index (χ1n) is 12.2. The van der Waals surface area contributed by atoms with Gasteiger partial charge in [0, 0.05) is 29.1 Å². The third kappa shape index (κ3) is 6.35. The van der Waals surface area contributed by atoms with E-state index in [1.165, 1.54) is 35.6 Å². The van der Waals surface area contributed by atoms with Crippen LogP contribution in [0.25, 0.3) is 5.76 Å². The molecule has 0 spiro atoms. The molecule has 1 amide bonds. The molecule has 1 aliphatic rings. The van der Waals surface area contributed by atoms with Crippen LogP contribution in [0.4, 0.5) is 5.69 Å². The summed E-state index contributed by atoms with van der Waals surface area (Å²) in [7, 11) is 0. The Balaban J connectivity index is 1.86. The minimum absolute atomic E-state index is 0.0279. The van der Waals surface area contributed by atoms with Crippen LogP contribution in [0.3, 0.4) is 0 Å². The second-order valence-electron chi connectivity index (χ2n) is 8.71. The highest BCUT2D eigenvalue weighted by atomic mass is 32.1. The van der Waals surface area contributed by atoms with Gasteiger partial charge in [-0.3, -0.25) is 19.7 Å². The highest BCUT2D eigenvalue weighted by Crippen LogP contribution is 2.41. The number of unbranched alkanes of at least 4 members (excludes halogenated alkanes) is 2. The van der Waals surface area contributed by atoms with Gasteiger partial charge < -0.3 is 14.9 Å². The van der Waals surface area contributed by atoms with Crippen LogP contribution < -0.4 is 0 Å². The summed E-state index contributed by atoms with van der Waals surface area (Å²) < 4.78 is 0. The van der Waals surface area contributed by atoms with Gasteiger partial charge in [-0.15, -0.1) is 11.3 Å². The number of amides is 1. The molecule has 35 heavy (non-hydrogen) atoms. The molecule has 188 valence electrons. The normalized spacial score (nSPS) is 17.5. The Kier molecular flexibility index (Phi) is 9.56. The SMILES string of the molecule is CCCCN(CCCC)CCCN1C(=O)C(=O)C(=C(O)c2ccc([N+](=O)[O-])cc2)[C@H]1c1cccs1. The van der Waals surface area contributed by atoms with Crippen molar-refractivity contribution in [2.75, 3.05) is 26.2 Å². The molecule has 1 aliphatic heterocycles. The molecule has 1 fully saturated rings. The van der Waals surface area contributed by atoms with Gasteiger partial charge in [-0.2, -0.15) is 0 Å². The van der Waals surface area contributed by atoms with Gasteiger partial charge in [-0.25, -0.2) is 0 Å². The van der Waals surface area contributed by atoms with Crippen molar-refractivity contribution in [1.29, 1.82) is 0 Å². The largest absolute Gasteiger partial charge is 0.507 e. The predicted octanol–water partition coefficient (Wildman–Crippen LogP) is 5.37. The van der Waals surface area contributed by atoms with Gasteiger partial charge in [0.1, 0.15) is 5.76 Å². The van der Waals surface area contributed by atoms with Crippen molar-refractivity contribution >= 4 is 34.5 Å². The number of benzene rings is 1. The van der Waals surface area contributed by atoms with Crippen LogP contribution in [0.2, 0.25) is 0 Å². The number of hydrogen-bond acceptors (Lipinski definition) is 7. The summed E-state index contributed by atoms with van der Waals surface area (Å²) in [6.45, 7) is 7.61. The molecule has 1 saturated heterocycles. The summed E-state index contributed by atoms with van der Waals surface area (Å²) >= 11 is 1.42. The molecule has 9 heteroatoms. The third-order valence-corrected chi connectivity index (χ3v) is 7.16. The molecule has 0 saturated carbocycles. The Bertz CT molecular complexity index is 1040. The van der Waals surface area contributed by atoms with Crippen LogP contribution in [-0.2, 0) is 9.59 Å². The number of non-ortho nitro benzene ring substituents is 1. The minimum atomic E-state index is -0.729. The van der Waals surface area contributed by atoms with E-state index in [2.05, 4.69) is 18.7 Å². The zero-order valence-electron chi connectivity index (χ0n) is 20.3. The van der Waals surface area contributed by atoms with Gasteiger partial charge in [0.2, 0.25) is 0 Å². The first-order valence-corrected chi connectivity index (χ1v) is 13.1. The fraction of sp³-hybridized carbons (Fsp3) is 0.462. The van der Waals surface area contributed by atoms with E-state index >= 15 is 0 Å². The molecule has 0 aliphatic carbocycles. The van der Waals surface area contributed by atoms with E-state index in [1.54, 1.807) is 4.90 Å². The molecule has 8 nitrogen and oxygen atoms in total. The number of nitro groups is 1. The number of Topliss-reactive ketones (excluding diaryl/α,β-unsaturated/α-hetero) is 1. The van der Waals surface area contributed by atoms with Gasteiger partial charge in [0.25, 0.3) is 17.4 Å². The predicted molar refractivity (Wildman–Crippen MR) is 137 cm³/mol. The van der Waals surface area contributed by atoms with Gasteiger partial charge in [0.05, 0.1) is 16.5 Å². The second kappa shape index (κ2) is 12.6. The van der Waals surface area contributed by atoms with E-state index in [1.807, 2.05) is 17.5 Å². The molecular formula is C26H33N3O5S. The summed E-state index contributed by atoms with van der Waals surface area (Å²) in [5.41, 5.74) is 0.174. The zero-order chi connectivity index (χ0) is 25.4. The van der Waals surface area contributed by atoms with Crippen molar-refractivity contribution in [2.24, 2.45) is 0 Å². The average molecular weight is 500 g/mol. The Morgan fingerprint density at radius 3 is 2.23 bits per heavy atom. The third-order valence-electron chi connectivity index (χ3n) is 6.23. The number of ketones is 1. The zero-order valence-corrected chi connectivity index (χ0v) is 21.1. The Labute approximate surface area is 210 Å². The Morgan fingerprint density at radius 2 is 1.69 bits per heavy atom. The molecule has 0 bridgehead atoms. The minimum Gasteiger partial charge on any atom is -0.507 e. The topological polar surface area (TPSA) is 104 Å². The number of thiophene rings is 1. The van der Waals surface area contributed by atoms with Gasteiger partial charge in [-0.05, 0) is 62.5 Å². The first kappa shape index (κ1) is 26.6. The highest BCUT2D eigenvalue weighted by Gasteiger charge is 2.46. The maximum atomic E-state index is 13.1. The molecule has 1 aromatic heterocycles. The summed E-state index contributed by atoms with van der Waals surface area (Å²) in [5.74, 6) is -1.67. The Hall–Kier alpha value is -3.04. The van der Waals surface area contributed by atoms with E-state index in [9.17, 15) is 24.8 Å². The number of carbonyl (C=O) groups is 2. The van der Waals surface area contributed by atoms with Crippen LogP contribution in [0, 0.1) is 10.1 Å². The number of rotatable bonds is 13. The number of hydrogen-bond donors (Lipinski definition) is 1. The van der Waals surface area contributed by atoms with E-state index in [4.69, 9.17) is 0 Å². The number of aliphatic hydroxyl groups excluding tert-OH is 1. The van der Waals surface area contributed by atoms with E-state index in [0.717, 1.165) is 56.6 Å². The van der Waals surface area contributed by atoms with E-state index < -0.39 is 22.7 Å². The quantitative estimate of drug-likeness (QED) is 0.131. The molecule has 0 radical (unpaired) electrons. The lowest BCUT2D eigenvalue weighted by atomic mass is 9.99. The van der Waals surface area contributed by atoms with E-state index in [-0.39, 0.29) is 22.6 Å². The van der Waals surface area contributed by atoms with Gasteiger partial charge in [0.15, 0.2) is 0 Å². The number of nitro benzene ring substituents is 1. The smallest absolute Gasteiger partial charge is 0.295 e. The van der Waals surface area contributed by atoms with Crippen molar-refractivity contribution in [3.05, 3.63) is 67.9 Å². The standard InChI is InChI=1S/C26H33N3O5S/c1-3-5-14-27(15-6-4-2)16-8-17-28-23(21-9-7-18-35-21)22(25(31)26(28)32)24(30)19-10-12-20(13-11-19)29(33)34/h7,9-13,18,23,30H,3-6,8,14-17H2,1-2H3/t23-/m1/s1. The van der Waals surface area contributed by atoms with E-state index in [0.29, 0.717) is 6.54 Å². The molecule has 1 N–H and O–H groups in total. The number of likely N-dealkylation sites (tertiary alicyclic amines) is 1. The van der Waals surface area contributed by atoms with Crippen molar-refractivity contribution in [2.45, 2.75) is 52.0 Å². The van der Waals surface area contributed by atoms with Crippen LogP contribution in [-0.4, -0.2) is 57.7 Å². The van der Waals surface area contributed by atoms with Crippen LogP contribution in [0.5, 0.6) is 0 Å². The molecule has 3 rings (SSSR count). The summed E-state index contributed by atoms with van der Waals surface area (Å²) in [6.07, 6.45) is 5.22. The fourth-order valence-electron chi connectivity index (χ4n) is 4.31. The van der Waals surface area contributed by atoms with Gasteiger partial charge in [-0.1, -0.05) is 32.8 Å². The summed E-state index contributed by atoms with van der Waals surface area (Å²) in [6, 6.07) is 8.36. The van der Waals surface area contributed by atoms with Crippen LogP contribution >= 0.6 is 11.3 Å². The molecule has 1 atom stereocenters. The first-order chi connectivity index (χ1) is 16.9. The molecule has 2 heterocycles.